The molecule has 1 N–H and O–H groups in total. The molecule has 2 aromatic carbocycles. The van der Waals surface area contributed by atoms with Gasteiger partial charge >= 0.3 is 0 Å². The summed E-state index contributed by atoms with van der Waals surface area (Å²) in [5.74, 6) is -0.210. The van der Waals surface area contributed by atoms with Gasteiger partial charge in [-0.1, -0.05) is 30.3 Å². The largest absolute Gasteiger partial charge is 0.486 e. The lowest BCUT2D eigenvalue weighted by atomic mass is 9.85. The molecule has 2 aliphatic heterocycles. The van der Waals surface area contributed by atoms with Gasteiger partial charge in [0, 0.05) is 37.8 Å². The minimum Gasteiger partial charge on any atom is -0.486 e. The number of ketones is 1. The van der Waals surface area contributed by atoms with Crippen molar-refractivity contribution in [3.05, 3.63) is 64.7 Å². The number of halogens is 1. The van der Waals surface area contributed by atoms with Gasteiger partial charge in [0.2, 0.25) is 0 Å². The number of fused-ring (bicyclic) bond motifs is 1. The van der Waals surface area contributed by atoms with Gasteiger partial charge in [-0.15, -0.1) is 0 Å². The SMILES string of the molecule is CNC(=O)c1cc(C(=O)CC2CCOC2)cc2c1O[C@H](CF)[C@H]2c1ccccc1. The fourth-order valence-electron chi connectivity index (χ4n) is 4.20. The Morgan fingerprint density at radius 3 is 2.66 bits per heavy atom. The maximum Gasteiger partial charge on any atom is 0.254 e. The molecular weight excluding hydrogens is 373 g/mol. The van der Waals surface area contributed by atoms with Gasteiger partial charge in [-0.2, -0.15) is 0 Å². The summed E-state index contributed by atoms with van der Waals surface area (Å²) >= 11 is 0. The molecule has 1 amide bonds. The zero-order valence-electron chi connectivity index (χ0n) is 16.3. The Morgan fingerprint density at radius 2 is 2.00 bits per heavy atom. The van der Waals surface area contributed by atoms with Crippen LogP contribution < -0.4 is 10.1 Å². The van der Waals surface area contributed by atoms with Crippen molar-refractivity contribution in [2.75, 3.05) is 26.9 Å². The first kappa shape index (κ1) is 19.6. The van der Waals surface area contributed by atoms with Crippen LogP contribution in [0.15, 0.2) is 42.5 Å². The zero-order chi connectivity index (χ0) is 20.4. The predicted molar refractivity (Wildman–Crippen MR) is 106 cm³/mol. The van der Waals surface area contributed by atoms with E-state index in [1.807, 2.05) is 30.3 Å². The van der Waals surface area contributed by atoms with E-state index in [1.165, 1.54) is 7.05 Å². The van der Waals surface area contributed by atoms with E-state index < -0.39 is 12.8 Å². The van der Waals surface area contributed by atoms with Crippen LogP contribution in [0.1, 0.15) is 50.6 Å². The molecule has 5 nitrogen and oxygen atoms in total. The van der Waals surface area contributed by atoms with E-state index in [1.54, 1.807) is 12.1 Å². The molecule has 4 rings (SSSR count). The van der Waals surface area contributed by atoms with Crippen molar-refractivity contribution in [2.45, 2.75) is 24.9 Å². The van der Waals surface area contributed by atoms with E-state index in [0.29, 0.717) is 36.5 Å². The number of carbonyl (C=O) groups is 2. The molecule has 2 aromatic rings. The molecule has 1 fully saturated rings. The lowest BCUT2D eigenvalue weighted by molar-refractivity contribution is 0.0952. The quantitative estimate of drug-likeness (QED) is 0.758. The Balaban J connectivity index is 1.78. The number of alkyl halides is 1. The van der Waals surface area contributed by atoms with Crippen LogP contribution in [0.25, 0.3) is 0 Å². The molecular formula is C23H24FNO4. The summed E-state index contributed by atoms with van der Waals surface area (Å²) in [5.41, 5.74) is 2.31. The van der Waals surface area contributed by atoms with E-state index in [4.69, 9.17) is 9.47 Å². The molecule has 2 aliphatic rings. The first-order chi connectivity index (χ1) is 14.1. The Morgan fingerprint density at radius 1 is 1.21 bits per heavy atom. The molecule has 1 saturated heterocycles. The van der Waals surface area contributed by atoms with Gasteiger partial charge in [-0.05, 0) is 30.0 Å². The van der Waals surface area contributed by atoms with Crippen LogP contribution in [0.2, 0.25) is 0 Å². The summed E-state index contributed by atoms with van der Waals surface area (Å²) < 4.78 is 25.1. The first-order valence-electron chi connectivity index (χ1n) is 9.91. The Labute approximate surface area is 169 Å². The summed E-state index contributed by atoms with van der Waals surface area (Å²) in [6.07, 6.45) is 0.498. The molecule has 1 unspecified atom stereocenters. The number of ether oxygens (including phenoxy) is 2. The fraction of sp³-hybridized carbons (Fsp3) is 0.391. The van der Waals surface area contributed by atoms with Gasteiger partial charge in [0.1, 0.15) is 18.5 Å². The number of carbonyl (C=O) groups excluding carboxylic acids is 2. The molecule has 152 valence electrons. The number of hydrogen-bond donors (Lipinski definition) is 1. The number of nitrogens with one attached hydrogen (secondary N) is 1. The Bertz CT molecular complexity index is 909. The third-order valence-electron chi connectivity index (χ3n) is 5.70. The second-order valence-electron chi connectivity index (χ2n) is 7.58. The van der Waals surface area contributed by atoms with Crippen LogP contribution in [-0.2, 0) is 4.74 Å². The van der Waals surface area contributed by atoms with Crippen molar-refractivity contribution in [2.24, 2.45) is 5.92 Å². The number of benzene rings is 2. The van der Waals surface area contributed by atoms with Gasteiger partial charge in [-0.3, -0.25) is 9.59 Å². The average molecular weight is 397 g/mol. The van der Waals surface area contributed by atoms with Gasteiger partial charge in [0.25, 0.3) is 5.91 Å². The molecule has 0 saturated carbocycles. The van der Waals surface area contributed by atoms with Crippen molar-refractivity contribution in [1.82, 2.24) is 5.32 Å². The lowest BCUT2D eigenvalue weighted by Crippen LogP contribution is -2.22. The molecule has 29 heavy (non-hydrogen) atoms. The maximum absolute atomic E-state index is 13.8. The smallest absolute Gasteiger partial charge is 0.254 e. The van der Waals surface area contributed by atoms with Crippen molar-refractivity contribution >= 4 is 11.7 Å². The lowest BCUT2D eigenvalue weighted by Gasteiger charge is -2.16. The van der Waals surface area contributed by atoms with Crippen LogP contribution in [0.3, 0.4) is 0 Å². The fourth-order valence-corrected chi connectivity index (χ4v) is 4.20. The average Bonchev–Trinajstić information content (AvgIpc) is 3.40. The van der Waals surface area contributed by atoms with E-state index in [9.17, 15) is 14.0 Å². The van der Waals surface area contributed by atoms with Gasteiger partial charge in [0.05, 0.1) is 11.5 Å². The molecule has 2 heterocycles. The summed E-state index contributed by atoms with van der Waals surface area (Å²) in [7, 11) is 1.52. The minimum atomic E-state index is -0.732. The van der Waals surface area contributed by atoms with Crippen molar-refractivity contribution < 1.29 is 23.5 Å². The third-order valence-corrected chi connectivity index (χ3v) is 5.70. The third kappa shape index (κ3) is 3.77. The highest BCUT2D eigenvalue weighted by Gasteiger charge is 2.39. The van der Waals surface area contributed by atoms with E-state index in [2.05, 4.69) is 5.32 Å². The highest BCUT2D eigenvalue weighted by molar-refractivity contribution is 6.03. The van der Waals surface area contributed by atoms with Crippen LogP contribution >= 0.6 is 0 Å². The van der Waals surface area contributed by atoms with Crippen molar-refractivity contribution in [3.63, 3.8) is 0 Å². The molecule has 3 atom stereocenters. The highest BCUT2D eigenvalue weighted by Crippen LogP contribution is 2.45. The van der Waals surface area contributed by atoms with Gasteiger partial charge < -0.3 is 14.8 Å². The van der Waals surface area contributed by atoms with Crippen LogP contribution in [0.4, 0.5) is 4.39 Å². The molecule has 0 bridgehead atoms. The summed E-state index contributed by atoms with van der Waals surface area (Å²) in [4.78, 5) is 25.5. The standard InChI is InChI=1S/C23H24FNO4/c1-25-23(27)18-11-16(19(26)9-14-7-8-28-13-14)10-17-21(15-5-3-2-4-6-15)20(12-24)29-22(17)18/h2-6,10-11,14,20-21H,7-9,12-13H2,1H3,(H,25,27)/t14?,20-,21+/m1/s1. The highest BCUT2D eigenvalue weighted by atomic mass is 19.1. The normalized spacial score (nSPS) is 22.8. The van der Waals surface area contributed by atoms with Gasteiger partial charge in [-0.25, -0.2) is 4.39 Å². The van der Waals surface area contributed by atoms with Crippen LogP contribution in [-0.4, -0.2) is 44.7 Å². The summed E-state index contributed by atoms with van der Waals surface area (Å²) in [6, 6.07) is 12.8. The summed E-state index contributed by atoms with van der Waals surface area (Å²) in [6.45, 7) is 0.566. The molecule has 6 heteroatoms. The Kier molecular flexibility index (Phi) is 5.62. The minimum absolute atomic E-state index is 0.0380. The monoisotopic (exact) mass is 397 g/mol. The van der Waals surface area contributed by atoms with Gasteiger partial charge in [0.15, 0.2) is 5.78 Å². The molecule has 0 radical (unpaired) electrons. The molecule has 0 aromatic heterocycles. The zero-order valence-corrected chi connectivity index (χ0v) is 16.3. The number of amides is 1. The Hall–Kier alpha value is -2.73. The number of hydrogen-bond acceptors (Lipinski definition) is 4. The molecule has 0 aliphatic carbocycles. The number of rotatable bonds is 6. The van der Waals surface area contributed by atoms with Crippen LogP contribution in [0.5, 0.6) is 5.75 Å². The summed E-state index contributed by atoms with van der Waals surface area (Å²) in [5, 5.41) is 2.59. The topological polar surface area (TPSA) is 64.6 Å². The predicted octanol–water partition coefficient (Wildman–Crippen LogP) is 3.52. The first-order valence-corrected chi connectivity index (χ1v) is 9.91. The van der Waals surface area contributed by atoms with E-state index in [-0.39, 0.29) is 29.1 Å². The van der Waals surface area contributed by atoms with Crippen molar-refractivity contribution in [1.29, 1.82) is 0 Å². The maximum atomic E-state index is 13.8. The van der Waals surface area contributed by atoms with E-state index >= 15 is 0 Å². The number of Topliss-reactive ketones (excluding diaryl/α,β-unsaturated/α-hetero) is 1. The molecule has 0 spiro atoms. The second-order valence-corrected chi connectivity index (χ2v) is 7.58. The van der Waals surface area contributed by atoms with E-state index in [0.717, 1.165) is 12.0 Å². The second kappa shape index (κ2) is 8.33. The van der Waals surface area contributed by atoms with Crippen molar-refractivity contribution in [3.8, 4) is 5.75 Å². The van der Waals surface area contributed by atoms with Crippen LogP contribution in [0, 0.1) is 5.92 Å².